The summed E-state index contributed by atoms with van der Waals surface area (Å²) >= 11 is 6.78. The van der Waals surface area contributed by atoms with Crippen LogP contribution in [0.15, 0.2) is 42.9 Å². The molecule has 6 atom stereocenters. The number of esters is 1. The molecule has 1 aliphatic heterocycles. The van der Waals surface area contributed by atoms with Gasteiger partial charge in [0.2, 0.25) is 5.95 Å². The molecule has 1 saturated heterocycles. The molecule has 1 aromatic carbocycles. The van der Waals surface area contributed by atoms with Crippen molar-refractivity contribution >= 4 is 42.4 Å². The molecule has 1 aliphatic rings. The largest absolute Gasteiger partial charge is 0.462 e. The molecule has 4 rings (SSSR count). The average Bonchev–Trinajstić information content (AvgIpc) is 3.44. The van der Waals surface area contributed by atoms with Crippen molar-refractivity contribution in [1.29, 1.82) is 0 Å². The third-order valence-corrected chi connectivity index (χ3v) is 7.96. The van der Waals surface area contributed by atoms with Crippen molar-refractivity contribution in [1.82, 2.24) is 24.6 Å². The third kappa shape index (κ3) is 6.95. The molecule has 220 valence electrons. The number of nitrogens with one attached hydrogen (secondary N) is 1. The highest BCUT2D eigenvalue weighted by molar-refractivity contribution is 7.52. The highest BCUT2D eigenvalue weighted by Crippen LogP contribution is 2.48. The number of anilines is 1. The number of imidazole rings is 1. The third-order valence-electron chi connectivity index (χ3n) is 5.81. The lowest BCUT2D eigenvalue weighted by molar-refractivity contribution is -0.149. The molecule has 0 aliphatic carbocycles. The van der Waals surface area contributed by atoms with Gasteiger partial charge < -0.3 is 24.8 Å². The Kier molecular flexibility index (Phi) is 9.48. The van der Waals surface area contributed by atoms with Crippen LogP contribution in [-0.4, -0.2) is 73.1 Å². The molecule has 16 heteroatoms. The maximum atomic E-state index is 13.8. The number of carbonyl (C=O) groups is 1. The number of benzene rings is 1. The molecular formula is C25H29ClFN6O7P. The Morgan fingerprint density at radius 2 is 2.07 bits per heavy atom. The number of aliphatic hydroxyl groups is 1. The predicted molar refractivity (Wildman–Crippen MR) is 146 cm³/mol. The van der Waals surface area contributed by atoms with Crippen LogP contribution in [0, 0.1) is 11.8 Å². The van der Waals surface area contributed by atoms with Crippen molar-refractivity contribution in [3.05, 3.63) is 42.9 Å². The first-order chi connectivity index (χ1) is 19.5. The zero-order valence-corrected chi connectivity index (χ0v) is 24.0. The molecule has 0 bridgehead atoms. The molecule has 0 radical (unpaired) electrons. The SMILES string of the molecule is CC(C)OC(=O)C(C)NP(=O)(OC[C@H]1O[C@@H](n2cnc3cnc(N)nc32)[C@@](Cl)(C#CCF)C1O)Oc1ccccc1. The number of hydrogen-bond acceptors (Lipinski definition) is 11. The summed E-state index contributed by atoms with van der Waals surface area (Å²) in [5, 5.41) is 13.8. The van der Waals surface area contributed by atoms with Crippen LogP contribution in [-0.2, 0) is 23.4 Å². The van der Waals surface area contributed by atoms with Gasteiger partial charge in [-0.3, -0.25) is 13.9 Å². The molecular weight excluding hydrogens is 582 g/mol. The molecule has 0 amide bonds. The Balaban J connectivity index is 1.61. The lowest BCUT2D eigenvalue weighted by atomic mass is 9.99. The number of fused-ring (bicyclic) bond motifs is 1. The summed E-state index contributed by atoms with van der Waals surface area (Å²) in [6, 6.07) is 7.02. The van der Waals surface area contributed by atoms with Gasteiger partial charge in [0.15, 0.2) is 16.7 Å². The number of hydrogen-bond donors (Lipinski definition) is 3. The first-order valence-electron chi connectivity index (χ1n) is 12.5. The van der Waals surface area contributed by atoms with E-state index in [4.69, 9.17) is 35.9 Å². The van der Waals surface area contributed by atoms with Crippen LogP contribution < -0.4 is 15.3 Å². The van der Waals surface area contributed by atoms with Gasteiger partial charge in [0.25, 0.3) is 0 Å². The van der Waals surface area contributed by atoms with E-state index in [9.17, 15) is 18.9 Å². The summed E-state index contributed by atoms with van der Waals surface area (Å²) in [5.41, 5.74) is 6.30. The quantitative estimate of drug-likeness (QED) is 0.133. The Bertz CT molecular complexity index is 1490. The van der Waals surface area contributed by atoms with E-state index in [2.05, 4.69) is 31.9 Å². The first kappa shape index (κ1) is 30.6. The minimum absolute atomic E-state index is 0.0529. The van der Waals surface area contributed by atoms with Crippen LogP contribution >= 0.6 is 19.3 Å². The van der Waals surface area contributed by atoms with Gasteiger partial charge in [0, 0.05) is 0 Å². The Morgan fingerprint density at radius 3 is 2.76 bits per heavy atom. The van der Waals surface area contributed by atoms with Crippen molar-refractivity contribution < 1.29 is 37.4 Å². The second-order valence-corrected chi connectivity index (χ2v) is 11.6. The minimum atomic E-state index is -4.30. The molecule has 41 heavy (non-hydrogen) atoms. The number of para-hydroxylation sites is 1. The molecule has 0 spiro atoms. The van der Waals surface area contributed by atoms with Crippen LogP contribution in [0.3, 0.4) is 0 Å². The van der Waals surface area contributed by atoms with Gasteiger partial charge in [-0.05, 0) is 32.9 Å². The fourth-order valence-electron chi connectivity index (χ4n) is 3.98. The summed E-state index contributed by atoms with van der Waals surface area (Å²) in [6.07, 6.45) is -1.79. The van der Waals surface area contributed by atoms with Crippen LogP contribution in [0.2, 0.25) is 0 Å². The molecule has 3 aromatic rings. The van der Waals surface area contributed by atoms with E-state index in [1.54, 1.807) is 44.2 Å². The Labute approximate surface area is 240 Å². The van der Waals surface area contributed by atoms with Gasteiger partial charge in [0.1, 0.15) is 36.2 Å². The van der Waals surface area contributed by atoms with Gasteiger partial charge in [-0.1, -0.05) is 41.6 Å². The molecule has 3 heterocycles. The Morgan fingerprint density at radius 1 is 1.34 bits per heavy atom. The zero-order valence-electron chi connectivity index (χ0n) is 22.3. The number of carbonyl (C=O) groups excluding carboxylic acids is 1. The zero-order chi connectivity index (χ0) is 29.8. The minimum Gasteiger partial charge on any atom is -0.462 e. The number of halogens is 2. The maximum absolute atomic E-state index is 13.8. The predicted octanol–water partition coefficient (Wildman–Crippen LogP) is 2.75. The number of ether oxygens (including phenoxy) is 2. The lowest BCUT2D eigenvalue weighted by Gasteiger charge is -2.26. The molecule has 2 aromatic heterocycles. The maximum Gasteiger partial charge on any atom is 0.459 e. The number of alkyl halides is 2. The fraction of sp³-hybridized carbons (Fsp3) is 0.440. The van der Waals surface area contributed by atoms with Gasteiger partial charge in [-0.25, -0.2) is 18.9 Å². The van der Waals surface area contributed by atoms with Gasteiger partial charge in [-0.15, -0.1) is 0 Å². The lowest BCUT2D eigenvalue weighted by Crippen LogP contribution is -2.42. The van der Waals surface area contributed by atoms with E-state index in [1.807, 2.05) is 0 Å². The molecule has 0 saturated carbocycles. The second kappa shape index (κ2) is 12.7. The van der Waals surface area contributed by atoms with E-state index in [1.165, 1.54) is 24.0 Å². The smallest absolute Gasteiger partial charge is 0.459 e. The topological polar surface area (TPSA) is 173 Å². The van der Waals surface area contributed by atoms with Crippen molar-refractivity contribution in [2.24, 2.45) is 0 Å². The van der Waals surface area contributed by atoms with E-state index >= 15 is 0 Å². The summed E-state index contributed by atoms with van der Waals surface area (Å²) < 4.78 is 50.8. The van der Waals surface area contributed by atoms with Gasteiger partial charge >= 0.3 is 13.7 Å². The normalized spacial score (nSPS) is 24.4. The van der Waals surface area contributed by atoms with Crippen molar-refractivity contribution in [2.75, 3.05) is 19.0 Å². The molecule has 1 fully saturated rings. The number of nitrogen functional groups attached to an aromatic ring is 1. The van der Waals surface area contributed by atoms with Crippen LogP contribution in [0.5, 0.6) is 5.75 Å². The van der Waals surface area contributed by atoms with E-state index in [-0.39, 0.29) is 17.3 Å². The van der Waals surface area contributed by atoms with E-state index in [0.29, 0.717) is 5.52 Å². The summed E-state index contributed by atoms with van der Waals surface area (Å²) in [6.45, 7) is 3.19. The summed E-state index contributed by atoms with van der Waals surface area (Å²) in [4.78, 5) is 22.7. The van der Waals surface area contributed by atoms with E-state index < -0.39 is 62.5 Å². The number of nitrogens with two attached hydrogens (primary N) is 1. The summed E-state index contributed by atoms with van der Waals surface area (Å²) in [7, 11) is -4.30. The number of nitrogens with zero attached hydrogens (tertiary/aromatic N) is 4. The molecule has 3 unspecified atom stereocenters. The number of rotatable bonds is 10. The number of aromatic nitrogens is 4. The monoisotopic (exact) mass is 610 g/mol. The van der Waals surface area contributed by atoms with Crippen LogP contribution in [0.4, 0.5) is 10.3 Å². The highest BCUT2D eigenvalue weighted by Gasteiger charge is 2.56. The number of aliphatic hydroxyl groups excluding tert-OH is 1. The van der Waals surface area contributed by atoms with Crippen LogP contribution in [0.25, 0.3) is 11.2 Å². The molecule has 13 nitrogen and oxygen atoms in total. The van der Waals surface area contributed by atoms with Crippen molar-refractivity contribution in [2.45, 2.75) is 56.2 Å². The summed E-state index contributed by atoms with van der Waals surface area (Å²) in [5.74, 6) is 4.19. The van der Waals surface area contributed by atoms with Gasteiger partial charge in [0.05, 0.1) is 25.2 Å². The van der Waals surface area contributed by atoms with E-state index in [0.717, 1.165) is 0 Å². The second-order valence-electron chi connectivity index (χ2n) is 9.30. The van der Waals surface area contributed by atoms with Gasteiger partial charge in [-0.2, -0.15) is 10.1 Å². The van der Waals surface area contributed by atoms with Crippen LogP contribution in [0.1, 0.15) is 27.0 Å². The van der Waals surface area contributed by atoms with Crippen molar-refractivity contribution in [3.63, 3.8) is 0 Å². The molecule has 4 N–H and O–H groups in total. The standard InChI is InChI=1S/C25H29ClFN6O7P/c1-15(2)38-22(35)16(3)32-41(36,40-17-8-5-4-6-9-17)37-13-19-20(34)25(26,10-7-11-27)23(39-19)33-14-30-18-12-29-24(28)31-21(18)33/h4-6,8-9,12,14-16,19-20,23,34H,11,13H2,1-3H3,(H,32,36)(H2,28,29,31)/t16?,19-,20?,23-,25-,41?/m1/s1. The first-order valence-corrected chi connectivity index (χ1v) is 14.4. The average molecular weight is 611 g/mol. The fourth-order valence-corrected chi connectivity index (χ4v) is 5.84. The Hall–Kier alpha value is -3.31. The van der Waals surface area contributed by atoms with Crippen molar-refractivity contribution in [3.8, 4) is 17.6 Å². The highest BCUT2D eigenvalue weighted by atomic mass is 35.5.